The molecule has 5 rings (SSSR count). The second kappa shape index (κ2) is 7.48. The van der Waals surface area contributed by atoms with E-state index in [0.29, 0.717) is 12.3 Å². The molecule has 0 radical (unpaired) electrons. The average molecular weight is 428 g/mol. The molecule has 0 N–H and O–H groups in total. The largest absolute Gasteiger partial charge is 0.377 e. The molecule has 30 heavy (non-hydrogen) atoms. The number of fused-ring (bicyclic) bond motifs is 1. The van der Waals surface area contributed by atoms with Gasteiger partial charge in [-0.15, -0.1) is 0 Å². The fourth-order valence-electron chi connectivity index (χ4n) is 4.61. The molecule has 3 aromatic rings. The minimum atomic E-state index is -0.0428. The van der Waals surface area contributed by atoms with Crippen molar-refractivity contribution in [1.29, 1.82) is 0 Å². The van der Waals surface area contributed by atoms with Gasteiger partial charge in [-0.3, -0.25) is 9.69 Å². The van der Waals surface area contributed by atoms with Crippen LogP contribution >= 0.6 is 11.6 Å². The predicted molar refractivity (Wildman–Crippen MR) is 116 cm³/mol. The predicted octanol–water partition coefficient (Wildman–Crippen LogP) is 3.89. The summed E-state index contributed by atoms with van der Waals surface area (Å²) in [7, 11) is 0. The van der Waals surface area contributed by atoms with Gasteiger partial charge >= 0.3 is 0 Å². The molecule has 0 aliphatic carbocycles. The smallest absolute Gasteiger partial charge is 0.246 e. The number of carbonyl (C=O) groups is 1. The van der Waals surface area contributed by atoms with Crippen LogP contribution in [-0.4, -0.2) is 62.2 Å². The van der Waals surface area contributed by atoms with Crippen LogP contribution in [0.5, 0.6) is 0 Å². The van der Waals surface area contributed by atoms with Gasteiger partial charge in [0, 0.05) is 16.8 Å². The van der Waals surface area contributed by atoms with Gasteiger partial charge in [-0.25, -0.2) is 9.36 Å². The number of halogens is 1. The fraction of sp³-hybridized carbons (Fsp3) is 0.500. The van der Waals surface area contributed by atoms with E-state index in [-0.39, 0.29) is 11.4 Å². The van der Waals surface area contributed by atoms with Crippen LogP contribution < -0.4 is 0 Å². The summed E-state index contributed by atoms with van der Waals surface area (Å²) in [6, 6.07) is 4.17. The van der Waals surface area contributed by atoms with Gasteiger partial charge < -0.3 is 4.74 Å². The molecule has 7 nitrogen and oxygen atoms in total. The van der Waals surface area contributed by atoms with Crippen LogP contribution in [0.1, 0.15) is 49.4 Å². The van der Waals surface area contributed by atoms with Gasteiger partial charge in [0.25, 0.3) is 0 Å². The molecule has 0 unspecified atom stereocenters. The first-order valence-corrected chi connectivity index (χ1v) is 10.9. The lowest BCUT2D eigenvalue weighted by molar-refractivity contribution is -0.136. The lowest BCUT2D eigenvalue weighted by atomic mass is 9.86. The van der Waals surface area contributed by atoms with Crippen LogP contribution in [0.2, 0.25) is 5.02 Å². The zero-order valence-corrected chi connectivity index (χ0v) is 18.1. The number of hydrogen-bond acceptors (Lipinski definition) is 5. The Morgan fingerprint density at radius 2 is 2.00 bits per heavy atom. The third-order valence-electron chi connectivity index (χ3n) is 6.58. The average Bonchev–Trinajstić information content (AvgIpc) is 3.37. The maximum atomic E-state index is 11.9. The van der Waals surface area contributed by atoms with E-state index in [4.69, 9.17) is 16.3 Å². The van der Waals surface area contributed by atoms with Crippen molar-refractivity contribution >= 4 is 28.4 Å². The van der Waals surface area contributed by atoms with Crippen LogP contribution in [0.25, 0.3) is 16.6 Å². The minimum Gasteiger partial charge on any atom is -0.377 e. The molecule has 8 heteroatoms. The Hall–Kier alpha value is -2.22. The fourth-order valence-corrected chi connectivity index (χ4v) is 4.94. The summed E-state index contributed by atoms with van der Waals surface area (Å²) in [4.78, 5) is 14.5. The lowest BCUT2D eigenvalue weighted by Crippen LogP contribution is -2.61. The monoisotopic (exact) mass is 427 g/mol. The Balaban J connectivity index is 1.43. The van der Waals surface area contributed by atoms with Crippen LogP contribution in [-0.2, 0) is 4.74 Å². The van der Waals surface area contributed by atoms with Crippen molar-refractivity contribution in [1.82, 2.24) is 24.5 Å². The second-order valence-electron chi connectivity index (χ2n) is 8.63. The highest BCUT2D eigenvalue weighted by molar-refractivity contribution is 6.32. The van der Waals surface area contributed by atoms with E-state index < -0.39 is 0 Å². The zero-order chi connectivity index (χ0) is 20.9. The number of rotatable bonds is 4. The molecule has 2 fully saturated rings. The SMILES string of the molecule is CCC(=O)n1cc(-n2ncc3cc(Cl)c(C4CCN(C5(C)COC5)CC4)cc32)cn1. The highest BCUT2D eigenvalue weighted by Crippen LogP contribution is 2.38. The number of hydrogen-bond donors (Lipinski definition) is 0. The van der Waals surface area contributed by atoms with Crippen LogP contribution in [0.15, 0.2) is 30.7 Å². The van der Waals surface area contributed by atoms with E-state index in [1.165, 1.54) is 10.2 Å². The van der Waals surface area contributed by atoms with Crippen LogP contribution in [0.3, 0.4) is 0 Å². The van der Waals surface area contributed by atoms with Crippen molar-refractivity contribution in [3.05, 3.63) is 41.3 Å². The third-order valence-corrected chi connectivity index (χ3v) is 6.91. The topological polar surface area (TPSA) is 65.2 Å². The number of aromatic nitrogens is 4. The Kier molecular flexibility index (Phi) is 4.92. The molecular weight excluding hydrogens is 402 g/mol. The van der Waals surface area contributed by atoms with E-state index in [1.807, 2.05) is 23.9 Å². The number of piperidine rings is 1. The molecule has 2 aliphatic rings. The number of benzene rings is 1. The third kappa shape index (κ3) is 3.25. The van der Waals surface area contributed by atoms with E-state index in [0.717, 1.165) is 60.8 Å². The Morgan fingerprint density at radius 1 is 1.23 bits per heavy atom. The van der Waals surface area contributed by atoms with Gasteiger partial charge in [0.1, 0.15) is 5.69 Å². The molecule has 4 heterocycles. The second-order valence-corrected chi connectivity index (χ2v) is 9.04. The van der Waals surface area contributed by atoms with Gasteiger partial charge in [0.15, 0.2) is 0 Å². The van der Waals surface area contributed by atoms with E-state index in [9.17, 15) is 4.79 Å². The van der Waals surface area contributed by atoms with Gasteiger partial charge in [0.05, 0.1) is 42.9 Å². The maximum Gasteiger partial charge on any atom is 0.246 e. The maximum absolute atomic E-state index is 11.9. The molecule has 0 atom stereocenters. The van der Waals surface area contributed by atoms with Gasteiger partial charge in [-0.05, 0) is 56.5 Å². The number of likely N-dealkylation sites (tertiary alicyclic amines) is 1. The van der Waals surface area contributed by atoms with Crippen LogP contribution in [0, 0.1) is 0 Å². The summed E-state index contributed by atoms with van der Waals surface area (Å²) < 4.78 is 8.65. The van der Waals surface area contributed by atoms with Crippen molar-refractivity contribution in [3.63, 3.8) is 0 Å². The van der Waals surface area contributed by atoms with Gasteiger partial charge in [-0.2, -0.15) is 10.2 Å². The zero-order valence-electron chi connectivity index (χ0n) is 17.3. The number of carbonyl (C=O) groups excluding carboxylic acids is 1. The molecule has 0 amide bonds. The molecule has 1 aromatic carbocycles. The Morgan fingerprint density at radius 3 is 2.67 bits per heavy atom. The summed E-state index contributed by atoms with van der Waals surface area (Å²) in [5.74, 6) is 0.384. The van der Waals surface area contributed by atoms with E-state index in [1.54, 1.807) is 12.4 Å². The molecule has 0 spiro atoms. The normalized spacial score (nSPS) is 19.8. The molecule has 2 aromatic heterocycles. The van der Waals surface area contributed by atoms with E-state index in [2.05, 4.69) is 28.1 Å². The van der Waals surface area contributed by atoms with Crippen molar-refractivity contribution in [2.45, 2.75) is 44.6 Å². The summed E-state index contributed by atoms with van der Waals surface area (Å²) in [5.41, 5.74) is 3.14. The van der Waals surface area contributed by atoms with Crippen molar-refractivity contribution in [2.75, 3.05) is 26.3 Å². The van der Waals surface area contributed by atoms with Crippen molar-refractivity contribution in [2.24, 2.45) is 0 Å². The standard InChI is InChI=1S/C22H26ClN5O2/c1-3-21(29)27-12-17(11-24-27)28-20-9-18(19(23)8-16(20)10-25-28)15-4-6-26(7-5-15)22(2)13-30-14-22/h8-12,15H,3-7,13-14H2,1-2H3. The highest BCUT2D eigenvalue weighted by atomic mass is 35.5. The molecule has 0 bridgehead atoms. The highest BCUT2D eigenvalue weighted by Gasteiger charge is 2.41. The summed E-state index contributed by atoms with van der Waals surface area (Å²) in [6.45, 7) is 7.90. The first kappa shape index (κ1) is 19.7. The molecular formula is C22H26ClN5O2. The van der Waals surface area contributed by atoms with Gasteiger partial charge in [-0.1, -0.05) is 18.5 Å². The summed E-state index contributed by atoms with van der Waals surface area (Å²) in [5, 5.41) is 10.5. The molecule has 2 aliphatic heterocycles. The first-order valence-electron chi connectivity index (χ1n) is 10.6. The first-order chi connectivity index (χ1) is 14.5. The number of ether oxygens (including phenoxy) is 1. The minimum absolute atomic E-state index is 0.0428. The van der Waals surface area contributed by atoms with Crippen molar-refractivity contribution < 1.29 is 9.53 Å². The molecule has 2 saturated heterocycles. The lowest BCUT2D eigenvalue weighted by Gasteiger charge is -2.50. The summed E-state index contributed by atoms with van der Waals surface area (Å²) in [6.07, 6.45) is 7.78. The van der Waals surface area contributed by atoms with Crippen LogP contribution in [0.4, 0.5) is 0 Å². The van der Waals surface area contributed by atoms with E-state index >= 15 is 0 Å². The molecule has 0 saturated carbocycles. The van der Waals surface area contributed by atoms with Crippen molar-refractivity contribution in [3.8, 4) is 5.69 Å². The summed E-state index contributed by atoms with van der Waals surface area (Å²) >= 11 is 6.69. The molecule has 158 valence electrons. The number of nitrogens with zero attached hydrogens (tertiary/aromatic N) is 5. The van der Waals surface area contributed by atoms with Gasteiger partial charge in [0.2, 0.25) is 5.91 Å². The Labute approximate surface area is 180 Å². The Bertz CT molecular complexity index is 1090. The quantitative estimate of drug-likeness (QED) is 0.631.